The average molecular weight is 490 g/mol. The number of hydrogen-bond donors (Lipinski definition) is 0. The van der Waals surface area contributed by atoms with Crippen molar-refractivity contribution in [3.8, 4) is 11.6 Å². The first-order valence-electron chi connectivity index (χ1n) is 11.2. The average Bonchev–Trinajstić information content (AvgIpc) is 2.88. The number of morpholine rings is 2. The molecule has 2 aromatic rings. The lowest BCUT2D eigenvalue weighted by Crippen LogP contribution is -2.58. The maximum Gasteiger partial charge on any atom is 0.255 e. The Balaban J connectivity index is 1.52. The molecule has 2 aliphatic heterocycles. The van der Waals surface area contributed by atoms with Gasteiger partial charge in [-0.25, -0.2) is 4.98 Å². The van der Waals surface area contributed by atoms with E-state index in [9.17, 15) is 9.59 Å². The van der Waals surface area contributed by atoms with E-state index in [1.54, 1.807) is 46.2 Å². The second kappa shape index (κ2) is 11.0. The normalized spacial score (nSPS) is 20.6. The van der Waals surface area contributed by atoms with Crippen LogP contribution in [0.5, 0.6) is 11.6 Å². The molecular formula is C24H28ClN3O6. The zero-order valence-electron chi connectivity index (χ0n) is 19.1. The number of amides is 2. The van der Waals surface area contributed by atoms with Gasteiger partial charge in [-0.3, -0.25) is 9.59 Å². The van der Waals surface area contributed by atoms with E-state index in [4.69, 9.17) is 30.5 Å². The van der Waals surface area contributed by atoms with E-state index in [1.165, 1.54) is 13.3 Å². The number of rotatable bonds is 7. The number of nitrogens with zero attached hydrogens (tertiary/aromatic N) is 3. The highest BCUT2D eigenvalue weighted by Crippen LogP contribution is 2.27. The van der Waals surface area contributed by atoms with Crippen molar-refractivity contribution in [2.24, 2.45) is 0 Å². The molecule has 2 aliphatic rings. The Kier molecular flexibility index (Phi) is 7.87. The first kappa shape index (κ1) is 24.3. The lowest BCUT2D eigenvalue weighted by atomic mass is 9.96. The Labute approximate surface area is 203 Å². The molecule has 2 amide bonds. The summed E-state index contributed by atoms with van der Waals surface area (Å²) in [4.78, 5) is 33.9. The largest absolute Gasteiger partial charge is 0.490 e. The number of benzene rings is 1. The van der Waals surface area contributed by atoms with Gasteiger partial charge in [-0.05, 0) is 24.3 Å². The maximum absolute atomic E-state index is 13.2. The molecule has 0 N–H and O–H groups in total. The minimum Gasteiger partial charge on any atom is -0.490 e. The van der Waals surface area contributed by atoms with Crippen LogP contribution < -0.4 is 9.47 Å². The lowest BCUT2D eigenvalue weighted by molar-refractivity contribution is -0.155. The van der Waals surface area contributed by atoms with Crippen LogP contribution in [-0.2, 0) is 14.3 Å². The van der Waals surface area contributed by atoms with E-state index in [0.29, 0.717) is 55.1 Å². The molecule has 182 valence electrons. The molecule has 4 rings (SSSR count). The van der Waals surface area contributed by atoms with Crippen LogP contribution in [0.25, 0.3) is 0 Å². The highest BCUT2D eigenvalue weighted by Gasteiger charge is 2.42. The number of methoxy groups -OCH3 is 1. The summed E-state index contributed by atoms with van der Waals surface area (Å²) in [5.41, 5.74) is -0.572. The van der Waals surface area contributed by atoms with Gasteiger partial charge in [0.15, 0.2) is 0 Å². The maximum atomic E-state index is 13.2. The fourth-order valence-corrected chi connectivity index (χ4v) is 4.23. The van der Waals surface area contributed by atoms with Crippen molar-refractivity contribution in [1.82, 2.24) is 14.8 Å². The van der Waals surface area contributed by atoms with Crippen LogP contribution in [-0.4, -0.2) is 91.9 Å². The molecule has 34 heavy (non-hydrogen) atoms. The molecule has 0 saturated carbocycles. The SMILES string of the molecule is COc1ccc(C(=O)N2CCO[C@](COc3cccc(Cl)c3)(CC(=O)N3CCOCC3)C2)cn1. The van der Waals surface area contributed by atoms with Crippen LogP contribution in [0.4, 0.5) is 0 Å². The van der Waals surface area contributed by atoms with Gasteiger partial charge in [0, 0.05) is 36.9 Å². The van der Waals surface area contributed by atoms with E-state index < -0.39 is 5.60 Å². The highest BCUT2D eigenvalue weighted by atomic mass is 35.5. The van der Waals surface area contributed by atoms with Gasteiger partial charge in [0.1, 0.15) is 18.0 Å². The quantitative estimate of drug-likeness (QED) is 0.589. The molecule has 0 radical (unpaired) electrons. The molecule has 1 aromatic carbocycles. The van der Waals surface area contributed by atoms with E-state index >= 15 is 0 Å². The summed E-state index contributed by atoms with van der Waals surface area (Å²) in [5.74, 6) is 0.749. The fourth-order valence-electron chi connectivity index (χ4n) is 4.05. The molecule has 1 aromatic heterocycles. The summed E-state index contributed by atoms with van der Waals surface area (Å²) in [6.45, 7) is 3.05. The third kappa shape index (κ3) is 5.97. The zero-order chi connectivity index (χ0) is 24.0. The molecule has 2 saturated heterocycles. The minimum absolute atomic E-state index is 0.0570. The Morgan fingerprint density at radius 2 is 1.91 bits per heavy atom. The predicted molar refractivity (Wildman–Crippen MR) is 124 cm³/mol. The number of pyridine rings is 1. The number of carbonyl (C=O) groups excluding carboxylic acids is 2. The molecule has 0 unspecified atom stereocenters. The summed E-state index contributed by atoms with van der Waals surface area (Å²) in [5, 5.41) is 0.546. The standard InChI is InChI=1S/C24H28ClN3O6/c1-31-21-6-5-18(15-26-21)23(30)28-9-12-34-24(16-28,14-22(29)27-7-10-32-11-8-27)17-33-20-4-2-3-19(25)13-20/h2-6,13,15H,7-12,14,16-17H2,1H3/t24-/m1/s1. The monoisotopic (exact) mass is 489 g/mol. The highest BCUT2D eigenvalue weighted by molar-refractivity contribution is 6.30. The van der Waals surface area contributed by atoms with E-state index in [0.717, 1.165) is 0 Å². The van der Waals surface area contributed by atoms with Crippen molar-refractivity contribution in [1.29, 1.82) is 0 Å². The Bertz CT molecular complexity index is 998. The Morgan fingerprint density at radius 3 is 2.62 bits per heavy atom. The van der Waals surface area contributed by atoms with Gasteiger partial charge in [0.2, 0.25) is 11.8 Å². The molecule has 10 heteroatoms. The van der Waals surface area contributed by atoms with Crippen molar-refractivity contribution in [2.75, 3.05) is 59.7 Å². The van der Waals surface area contributed by atoms with Crippen LogP contribution in [0.3, 0.4) is 0 Å². The van der Waals surface area contributed by atoms with Crippen LogP contribution >= 0.6 is 11.6 Å². The van der Waals surface area contributed by atoms with Gasteiger partial charge in [-0.2, -0.15) is 0 Å². The third-order valence-electron chi connectivity index (χ3n) is 5.86. The summed E-state index contributed by atoms with van der Waals surface area (Å²) in [7, 11) is 1.52. The number of halogens is 1. The van der Waals surface area contributed by atoms with Crippen molar-refractivity contribution < 1.29 is 28.5 Å². The van der Waals surface area contributed by atoms with E-state index in [-0.39, 0.29) is 38.0 Å². The molecule has 9 nitrogen and oxygen atoms in total. The van der Waals surface area contributed by atoms with Crippen molar-refractivity contribution in [3.63, 3.8) is 0 Å². The summed E-state index contributed by atoms with van der Waals surface area (Å²) < 4.78 is 22.6. The van der Waals surface area contributed by atoms with Crippen LogP contribution in [0.1, 0.15) is 16.8 Å². The van der Waals surface area contributed by atoms with Gasteiger partial charge in [0.25, 0.3) is 5.91 Å². The minimum atomic E-state index is -1.01. The Hall–Kier alpha value is -2.88. The lowest BCUT2D eigenvalue weighted by Gasteiger charge is -2.43. The zero-order valence-corrected chi connectivity index (χ0v) is 19.8. The molecule has 0 aliphatic carbocycles. The van der Waals surface area contributed by atoms with Crippen molar-refractivity contribution in [2.45, 2.75) is 12.0 Å². The molecule has 2 fully saturated rings. The molecule has 0 spiro atoms. The number of carbonyl (C=O) groups is 2. The predicted octanol–water partition coefficient (Wildman–Crippen LogP) is 2.28. The van der Waals surface area contributed by atoms with Crippen LogP contribution in [0.2, 0.25) is 5.02 Å². The second-order valence-electron chi connectivity index (χ2n) is 8.26. The van der Waals surface area contributed by atoms with Crippen LogP contribution in [0, 0.1) is 0 Å². The van der Waals surface area contributed by atoms with Gasteiger partial charge in [-0.15, -0.1) is 0 Å². The Morgan fingerprint density at radius 1 is 1.12 bits per heavy atom. The van der Waals surface area contributed by atoms with Crippen molar-refractivity contribution in [3.05, 3.63) is 53.2 Å². The molecule has 1 atom stereocenters. The molecular weight excluding hydrogens is 462 g/mol. The van der Waals surface area contributed by atoms with Crippen molar-refractivity contribution >= 4 is 23.4 Å². The number of aromatic nitrogens is 1. The van der Waals surface area contributed by atoms with E-state index in [1.807, 2.05) is 0 Å². The van der Waals surface area contributed by atoms with Crippen LogP contribution in [0.15, 0.2) is 42.6 Å². The van der Waals surface area contributed by atoms with Gasteiger partial charge < -0.3 is 28.7 Å². The third-order valence-corrected chi connectivity index (χ3v) is 6.10. The van der Waals surface area contributed by atoms with Gasteiger partial charge in [0.05, 0.1) is 45.5 Å². The molecule has 3 heterocycles. The smallest absolute Gasteiger partial charge is 0.255 e. The van der Waals surface area contributed by atoms with E-state index in [2.05, 4.69) is 4.98 Å². The topological polar surface area (TPSA) is 90.4 Å². The van der Waals surface area contributed by atoms with Gasteiger partial charge >= 0.3 is 0 Å². The summed E-state index contributed by atoms with van der Waals surface area (Å²) in [6.07, 6.45) is 1.57. The summed E-state index contributed by atoms with van der Waals surface area (Å²) in [6, 6.07) is 10.4. The molecule has 0 bridgehead atoms. The van der Waals surface area contributed by atoms with Gasteiger partial charge in [-0.1, -0.05) is 17.7 Å². The fraction of sp³-hybridized carbons (Fsp3) is 0.458. The number of hydrogen-bond acceptors (Lipinski definition) is 7. The second-order valence-corrected chi connectivity index (χ2v) is 8.70. The first-order valence-corrected chi connectivity index (χ1v) is 11.5. The first-order chi connectivity index (χ1) is 16.5. The number of ether oxygens (including phenoxy) is 4. The summed E-state index contributed by atoms with van der Waals surface area (Å²) >= 11 is 6.09.